The molecule has 3 aromatic rings. The summed E-state index contributed by atoms with van der Waals surface area (Å²) in [5.74, 6) is -1.11. The maximum Gasteiger partial charge on any atom is 0.338 e. The molecule has 170 valence electrons. The van der Waals surface area contributed by atoms with E-state index in [0.29, 0.717) is 14.7 Å². The van der Waals surface area contributed by atoms with Crippen LogP contribution in [0.15, 0.2) is 76.4 Å². The molecule has 0 aliphatic carbocycles. The van der Waals surface area contributed by atoms with Gasteiger partial charge in [-0.15, -0.1) is 0 Å². The summed E-state index contributed by atoms with van der Waals surface area (Å²) >= 11 is 1.81. The van der Waals surface area contributed by atoms with Gasteiger partial charge in [0.1, 0.15) is 25.0 Å². The molecule has 2 heterocycles. The minimum atomic E-state index is -0.822. The van der Waals surface area contributed by atoms with E-state index in [1.807, 2.05) is 22.6 Å². The topological polar surface area (TPSA) is 117 Å². The van der Waals surface area contributed by atoms with Crippen LogP contribution in [0.3, 0.4) is 0 Å². The van der Waals surface area contributed by atoms with Crippen molar-refractivity contribution in [1.29, 1.82) is 0 Å². The van der Waals surface area contributed by atoms with Gasteiger partial charge in [-0.25, -0.2) is 14.4 Å². The number of H-pyrrole nitrogens is 1. The molecule has 1 aromatic heterocycles. The molecule has 2 aromatic carbocycles. The van der Waals surface area contributed by atoms with Crippen LogP contribution in [-0.4, -0.2) is 40.3 Å². The fraction of sp³-hybridized carbons (Fsp3) is 0.217. The van der Waals surface area contributed by atoms with E-state index in [1.165, 1.54) is 10.8 Å². The van der Waals surface area contributed by atoms with Crippen molar-refractivity contribution in [2.24, 2.45) is 0 Å². The van der Waals surface area contributed by atoms with Crippen molar-refractivity contribution in [2.75, 3.05) is 6.61 Å². The predicted molar refractivity (Wildman–Crippen MR) is 125 cm³/mol. The van der Waals surface area contributed by atoms with Gasteiger partial charge in [0.25, 0.3) is 5.56 Å². The van der Waals surface area contributed by atoms with Gasteiger partial charge in [0.2, 0.25) is 0 Å². The number of carbonyl (C=O) groups is 2. The molecule has 1 saturated heterocycles. The molecule has 0 amide bonds. The highest BCUT2D eigenvalue weighted by Crippen LogP contribution is 2.31. The van der Waals surface area contributed by atoms with Crippen molar-refractivity contribution in [3.63, 3.8) is 0 Å². The number of hydrogen-bond donors (Lipinski definition) is 1. The van der Waals surface area contributed by atoms with Crippen LogP contribution in [0.5, 0.6) is 0 Å². The van der Waals surface area contributed by atoms with Crippen molar-refractivity contribution < 1.29 is 23.8 Å². The maximum atomic E-state index is 12.6. The van der Waals surface area contributed by atoms with Crippen LogP contribution < -0.4 is 11.2 Å². The van der Waals surface area contributed by atoms with E-state index in [9.17, 15) is 19.2 Å². The van der Waals surface area contributed by atoms with Gasteiger partial charge in [0, 0.05) is 12.6 Å². The van der Waals surface area contributed by atoms with E-state index in [4.69, 9.17) is 14.2 Å². The van der Waals surface area contributed by atoms with Gasteiger partial charge in [-0.3, -0.25) is 14.3 Å². The molecule has 33 heavy (non-hydrogen) atoms. The molecule has 10 heteroatoms. The smallest absolute Gasteiger partial charge is 0.338 e. The molecule has 1 N–H and O–H groups in total. The van der Waals surface area contributed by atoms with E-state index in [1.54, 1.807) is 60.7 Å². The van der Waals surface area contributed by atoms with Crippen molar-refractivity contribution in [3.8, 4) is 0 Å². The van der Waals surface area contributed by atoms with Crippen LogP contribution in [0.25, 0.3) is 0 Å². The summed E-state index contributed by atoms with van der Waals surface area (Å²) in [4.78, 5) is 51.2. The zero-order valence-electron chi connectivity index (χ0n) is 17.2. The highest BCUT2D eigenvalue weighted by Gasteiger charge is 2.40. The first-order valence-corrected chi connectivity index (χ1v) is 11.1. The molecule has 9 nitrogen and oxygen atoms in total. The number of carbonyl (C=O) groups excluding carboxylic acids is 2. The van der Waals surface area contributed by atoms with Gasteiger partial charge < -0.3 is 14.2 Å². The first kappa shape index (κ1) is 22.9. The lowest BCUT2D eigenvalue weighted by molar-refractivity contribution is -0.0583. The molecule has 1 fully saturated rings. The van der Waals surface area contributed by atoms with Crippen LogP contribution >= 0.6 is 22.6 Å². The lowest BCUT2D eigenvalue weighted by Gasteiger charge is -2.19. The number of nitrogens with one attached hydrogen (secondary N) is 1. The Morgan fingerprint density at radius 3 is 2.24 bits per heavy atom. The zero-order valence-corrected chi connectivity index (χ0v) is 19.3. The Kier molecular flexibility index (Phi) is 7.04. The lowest BCUT2D eigenvalue weighted by atomic mass is 10.1. The summed E-state index contributed by atoms with van der Waals surface area (Å²) in [5.41, 5.74) is -0.427. The second-order valence-corrected chi connectivity index (χ2v) is 8.44. The molecule has 1 unspecified atom stereocenters. The summed E-state index contributed by atoms with van der Waals surface area (Å²) in [6, 6.07) is 16.9. The second-order valence-electron chi connectivity index (χ2n) is 7.28. The van der Waals surface area contributed by atoms with Crippen molar-refractivity contribution in [1.82, 2.24) is 9.55 Å². The number of aromatic nitrogens is 2. The Morgan fingerprint density at radius 1 is 1.00 bits per heavy atom. The van der Waals surface area contributed by atoms with Crippen molar-refractivity contribution in [2.45, 2.75) is 24.9 Å². The summed E-state index contributed by atoms with van der Waals surface area (Å²) < 4.78 is 18.5. The highest BCUT2D eigenvalue weighted by atomic mass is 127. The third-order valence-electron chi connectivity index (χ3n) is 5.07. The first-order valence-electron chi connectivity index (χ1n) is 10.1. The molecular formula is C23H19IN2O7. The largest absolute Gasteiger partial charge is 0.459 e. The molecule has 0 radical (unpaired) electrons. The Balaban J connectivity index is 1.53. The lowest BCUT2D eigenvalue weighted by Crippen LogP contribution is -2.34. The second kappa shape index (κ2) is 10.1. The number of hydrogen-bond acceptors (Lipinski definition) is 7. The monoisotopic (exact) mass is 562 g/mol. The average molecular weight is 562 g/mol. The molecule has 0 saturated carbocycles. The SMILES string of the molecule is O=C(OC[C@H]1O[C@@H](n2cc(I)c(=O)[nH]c2=O)CC1OC(=O)c1ccccc1)c1ccccc1. The highest BCUT2D eigenvalue weighted by molar-refractivity contribution is 14.1. The van der Waals surface area contributed by atoms with Crippen LogP contribution in [0.1, 0.15) is 33.4 Å². The molecule has 1 aliphatic rings. The van der Waals surface area contributed by atoms with Gasteiger partial charge in [0.05, 0.1) is 14.7 Å². The quantitative estimate of drug-likeness (QED) is 0.363. The minimum absolute atomic E-state index is 0.133. The van der Waals surface area contributed by atoms with E-state index in [2.05, 4.69) is 4.98 Å². The first-order chi connectivity index (χ1) is 15.9. The Morgan fingerprint density at radius 2 is 1.61 bits per heavy atom. The minimum Gasteiger partial charge on any atom is -0.459 e. The predicted octanol–water partition coefficient (Wildman–Crippen LogP) is 2.51. The van der Waals surface area contributed by atoms with E-state index < -0.39 is 41.6 Å². The Hall–Kier alpha value is -3.25. The summed E-state index contributed by atoms with van der Waals surface area (Å²) in [6.45, 7) is -0.188. The number of benzene rings is 2. The fourth-order valence-electron chi connectivity index (χ4n) is 3.42. The molecule has 3 atom stereocenters. The molecule has 4 rings (SSSR count). The molecule has 0 spiro atoms. The Labute approximate surface area is 201 Å². The molecule has 1 aliphatic heterocycles. The van der Waals surface area contributed by atoms with Crippen LogP contribution in [-0.2, 0) is 14.2 Å². The van der Waals surface area contributed by atoms with Gasteiger partial charge in [0.15, 0.2) is 0 Å². The van der Waals surface area contributed by atoms with Gasteiger partial charge in [-0.05, 0) is 46.9 Å². The number of nitrogens with zero attached hydrogens (tertiary/aromatic N) is 1. The number of esters is 2. The van der Waals surface area contributed by atoms with Crippen LogP contribution in [0, 0.1) is 3.57 Å². The van der Waals surface area contributed by atoms with Crippen LogP contribution in [0.4, 0.5) is 0 Å². The van der Waals surface area contributed by atoms with Crippen molar-refractivity contribution >= 4 is 34.5 Å². The van der Waals surface area contributed by atoms with Crippen molar-refractivity contribution in [3.05, 3.63) is 102 Å². The number of aromatic amines is 1. The Bertz CT molecular complexity index is 1260. The number of ether oxygens (including phenoxy) is 3. The summed E-state index contributed by atoms with van der Waals surface area (Å²) in [6.07, 6.45) is -0.916. The number of rotatable bonds is 6. The van der Waals surface area contributed by atoms with Gasteiger partial charge >= 0.3 is 17.6 Å². The molecule has 0 bridgehead atoms. The van der Waals surface area contributed by atoms with Gasteiger partial charge in [-0.2, -0.15) is 0 Å². The normalized spacial score (nSPS) is 19.7. The average Bonchev–Trinajstić information content (AvgIpc) is 3.23. The van der Waals surface area contributed by atoms with E-state index in [-0.39, 0.29) is 13.0 Å². The number of halogens is 1. The zero-order chi connectivity index (χ0) is 23.4. The maximum absolute atomic E-state index is 12.6. The third-order valence-corrected chi connectivity index (χ3v) is 5.84. The van der Waals surface area contributed by atoms with Crippen LogP contribution in [0.2, 0.25) is 0 Å². The van der Waals surface area contributed by atoms with Gasteiger partial charge in [-0.1, -0.05) is 36.4 Å². The fourth-order valence-corrected chi connectivity index (χ4v) is 3.85. The van der Waals surface area contributed by atoms with E-state index in [0.717, 1.165) is 0 Å². The summed E-state index contributed by atoms with van der Waals surface area (Å²) in [5, 5.41) is 0. The summed E-state index contributed by atoms with van der Waals surface area (Å²) in [7, 11) is 0. The third kappa shape index (κ3) is 5.40. The van der Waals surface area contributed by atoms with E-state index >= 15 is 0 Å². The standard InChI is InChI=1S/C23H19IN2O7/c24-16-12-26(23(30)25-20(16)27)19-11-17(33-22(29)15-9-5-2-6-10-15)18(32-19)13-31-21(28)14-7-3-1-4-8-14/h1-10,12,17-19H,11,13H2,(H,25,27,30)/t17?,18-,19-/m1/s1. The molecular weight excluding hydrogens is 543 g/mol.